The fraction of sp³-hybridized carbons (Fsp3) is 0.688. The molecule has 0 bridgehead atoms. The van der Waals surface area contributed by atoms with Crippen molar-refractivity contribution in [3.05, 3.63) is 12.2 Å². The van der Waals surface area contributed by atoms with Crippen LogP contribution in [0.4, 0.5) is 0 Å². The van der Waals surface area contributed by atoms with E-state index in [0.29, 0.717) is 13.2 Å². The third-order valence-corrected chi connectivity index (χ3v) is 3.44. The molecule has 8 nitrogen and oxygen atoms in total. The number of ether oxygens (including phenoxy) is 5. The Morgan fingerprint density at radius 1 is 1.08 bits per heavy atom. The van der Waals surface area contributed by atoms with Crippen molar-refractivity contribution in [3.63, 3.8) is 0 Å². The predicted molar refractivity (Wildman–Crippen MR) is 79.9 cm³/mol. The summed E-state index contributed by atoms with van der Waals surface area (Å²) in [6.07, 6.45) is -0.0715. The van der Waals surface area contributed by atoms with Gasteiger partial charge in [-0.3, -0.25) is 9.59 Å². The van der Waals surface area contributed by atoms with Crippen molar-refractivity contribution in [1.82, 2.24) is 0 Å². The lowest BCUT2D eigenvalue weighted by Gasteiger charge is -2.15. The van der Waals surface area contributed by atoms with Gasteiger partial charge in [0.15, 0.2) is 0 Å². The van der Waals surface area contributed by atoms with E-state index >= 15 is 0 Å². The number of carbonyl (C=O) groups excluding carboxylic acids is 3. The number of hydrogen-bond acceptors (Lipinski definition) is 8. The van der Waals surface area contributed by atoms with Gasteiger partial charge in [-0.25, -0.2) is 4.79 Å². The second kappa shape index (κ2) is 8.79. The molecule has 0 saturated carbocycles. The summed E-state index contributed by atoms with van der Waals surface area (Å²) in [5, 5.41) is 0. The molecule has 2 rings (SSSR count). The van der Waals surface area contributed by atoms with E-state index in [1.54, 1.807) is 0 Å². The molecule has 8 heteroatoms. The summed E-state index contributed by atoms with van der Waals surface area (Å²) in [5.41, 5.74) is 0.267. The normalized spacial score (nSPS) is 22.2. The number of epoxide rings is 2. The van der Waals surface area contributed by atoms with Crippen molar-refractivity contribution >= 4 is 17.9 Å². The van der Waals surface area contributed by atoms with Crippen molar-refractivity contribution in [1.29, 1.82) is 0 Å². The molecule has 134 valence electrons. The zero-order valence-electron chi connectivity index (χ0n) is 13.7. The molecule has 2 saturated heterocycles. The highest BCUT2D eigenvalue weighted by atomic mass is 16.6. The van der Waals surface area contributed by atoms with Crippen LogP contribution in [0.15, 0.2) is 12.2 Å². The number of carbonyl (C=O) groups is 3. The minimum Gasteiger partial charge on any atom is -0.463 e. The molecule has 0 spiro atoms. The van der Waals surface area contributed by atoms with E-state index in [4.69, 9.17) is 23.7 Å². The van der Waals surface area contributed by atoms with Crippen LogP contribution in [0.5, 0.6) is 0 Å². The van der Waals surface area contributed by atoms with E-state index < -0.39 is 23.8 Å². The summed E-state index contributed by atoms with van der Waals surface area (Å²) in [6.45, 7) is 6.48. The Kier molecular flexibility index (Phi) is 6.74. The molecule has 2 aliphatic heterocycles. The smallest absolute Gasteiger partial charge is 0.333 e. The third kappa shape index (κ3) is 7.10. The van der Waals surface area contributed by atoms with Crippen LogP contribution in [0, 0.1) is 5.92 Å². The SMILES string of the molecule is C=C(C)C(=O)OCCC(CC(=O)OCC1CO1)C(=O)OCC1CO1. The van der Waals surface area contributed by atoms with Gasteiger partial charge in [0.2, 0.25) is 0 Å². The Hall–Kier alpha value is -1.93. The Morgan fingerprint density at radius 3 is 2.21 bits per heavy atom. The van der Waals surface area contributed by atoms with Crippen molar-refractivity contribution in [2.24, 2.45) is 5.92 Å². The Morgan fingerprint density at radius 2 is 1.67 bits per heavy atom. The topological polar surface area (TPSA) is 104 Å². The molecule has 0 amide bonds. The van der Waals surface area contributed by atoms with Gasteiger partial charge in [-0.15, -0.1) is 0 Å². The van der Waals surface area contributed by atoms with Crippen LogP contribution < -0.4 is 0 Å². The Balaban J connectivity index is 1.76. The second-order valence-electron chi connectivity index (χ2n) is 5.83. The van der Waals surface area contributed by atoms with Gasteiger partial charge in [-0.1, -0.05) is 6.58 Å². The lowest BCUT2D eigenvalue weighted by Crippen LogP contribution is -2.26. The van der Waals surface area contributed by atoms with E-state index in [9.17, 15) is 14.4 Å². The largest absolute Gasteiger partial charge is 0.463 e. The fourth-order valence-electron chi connectivity index (χ4n) is 1.79. The lowest BCUT2D eigenvalue weighted by molar-refractivity contribution is -0.157. The van der Waals surface area contributed by atoms with Gasteiger partial charge >= 0.3 is 17.9 Å². The number of esters is 3. The monoisotopic (exact) mass is 342 g/mol. The summed E-state index contributed by atoms with van der Waals surface area (Å²) < 4.78 is 25.0. The minimum absolute atomic E-state index is 0.00952. The minimum atomic E-state index is -0.741. The molecule has 0 aromatic carbocycles. The molecule has 2 heterocycles. The van der Waals surface area contributed by atoms with Crippen molar-refractivity contribution in [3.8, 4) is 0 Å². The first-order valence-corrected chi connectivity index (χ1v) is 7.83. The number of hydrogen-bond donors (Lipinski definition) is 0. The van der Waals surface area contributed by atoms with Crippen LogP contribution in [-0.2, 0) is 38.1 Å². The predicted octanol–water partition coefficient (Wildman–Crippen LogP) is 0.386. The molecule has 24 heavy (non-hydrogen) atoms. The third-order valence-electron chi connectivity index (χ3n) is 3.44. The van der Waals surface area contributed by atoms with Crippen LogP contribution in [-0.4, -0.2) is 63.2 Å². The second-order valence-corrected chi connectivity index (χ2v) is 5.83. The zero-order valence-corrected chi connectivity index (χ0v) is 13.7. The Bertz CT molecular complexity index is 492. The maximum atomic E-state index is 12.1. The van der Waals surface area contributed by atoms with Gasteiger partial charge in [0.05, 0.1) is 32.2 Å². The summed E-state index contributed by atoms with van der Waals surface area (Å²) in [7, 11) is 0. The molecule has 0 N–H and O–H groups in total. The average molecular weight is 342 g/mol. The lowest BCUT2D eigenvalue weighted by atomic mass is 10.0. The summed E-state index contributed by atoms with van der Waals surface area (Å²) in [4.78, 5) is 35.3. The highest BCUT2D eigenvalue weighted by Gasteiger charge is 2.30. The van der Waals surface area contributed by atoms with Crippen LogP contribution in [0.3, 0.4) is 0 Å². The molecule has 3 unspecified atom stereocenters. The van der Waals surface area contributed by atoms with Crippen molar-refractivity contribution < 1.29 is 38.1 Å². The van der Waals surface area contributed by atoms with Crippen LogP contribution in [0.2, 0.25) is 0 Å². The molecule has 2 fully saturated rings. The standard InChI is InChI=1S/C16H22O8/c1-10(2)15(18)20-4-3-11(16(19)24-9-13-7-22-13)5-14(17)23-8-12-6-21-12/h11-13H,1,3-9H2,2H3. The van der Waals surface area contributed by atoms with Gasteiger partial charge < -0.3 is 23.7 Å². The maximum Gasteiger partial charge on any atom is 0.333 e. The van der Waals surface area contributed by atoms with Crippen LogP contribution >= 0.6 is 0 Å². The van der Waals surface area contributed by atoms with E-state index in [2.05, 4.69) is 6.58 Å². The van der Waals surface area contributed by atoms with Gasteiger partial charge in [-0.05, 0) is 13.3 Å². The Labute approximate surface area is 140 Å². The summed E-state index contributed by atoms with van der Waals surface area (Å²) in [5.74, 6) is -2.32. The molecule has 2 aliphatic rings. The first-order valence-electron chi connectivity index (χ1n) is 7.83. The molecule has 0 radical (unpaired) electrons. The molecule has 3 atom stereocenters. The highest BCUT2D eigenvalue weighted by Crippen LogP contribution is 2.17. The van der Waals surface area contributed by atoms with Crippen molar-refractivity contribution in [2.75, 3.05) is 33.0 Å². The highest BCUT2D eigenvalue weighted by molar-refractivity contribution is 5.87. The van der Waals surface area contributed by atoms with Gasteiger partial charge in [0.25, 0.3) is 0 Å². The molecular formula is C16H22O8. The zero-order chi connectivity index (χ0) is 17.5. The molecule has 0 aromatic rings. The van der Waals surface area contributed by atoms with Crippen LogP contribution in [0.25, 0.3) is 0 Å². The molecule has 0 aliphatic carbocycles. The summed E-state index contributed by atoms with van der Waals surface area (Å²) in [6, 6.07) is 0. The van der Waals surface area contributed by atoms with Gasteiger partial charge in [0.1, 0.15) is 25.4 Å². The first-order chi connectivity index (χ1) is 11.5. The first kappa shape index (κ1) is 18.4. The van der Waals surface area contributed by atoms with Gasteiger partial charge in [-0.2, -0.15) is 0 Å². The average Bonchev–Trinajstić information content (AvgIpc) is 3.43. The quantitative estimate of drug-likeness (QED) is 0.230. The maximum absolute atomic E-state index is 12.1. The molecule has 0 aromatic heterocycles. The van der Waals surface area contributed by atoms with E-state index in [-0.39, 0.29) is 50.4 Å². The van der Waals surface area contributed by atoms with Crippen LogP contribution in [0.1, 0.15) is 19.8 Å². The van der Waals surface area contributed by atoms with E-state index in [1.165, 1.54) is 6.92 Å². The number of rotatable bonds is 11. The summed E-state index contributed by atoms with van der Waals surface area (Å²) >= 11 is 0. The fourth-order valence-corrected chi connectivity index (χ4v) is 1.79. The molecular weight excluding hydrogens is 320 g/mol. The van der Waals surface area contributed by atoms with Gasteiger partial charge in [0, 0.05) is 5.57 Å². The van der Waals surface area contributed by atoms with E-state index in [0.717, 1.165) is 0 Å². The van der Waals surface area contributed by atoms with Crippen molar-refractivity contribution in [2.45, 2.75) is 32.0 Å². The van der Waals surface area contributed by atoms with E-state index in [1.807, 2.05) is 0 Å².